The topological polar surface area (TPSA) is 71.8 Å². The molecule has 2 aromatic rings. The van der Waals surface area contributed by atoms with Crippen LogP contribution in [0.2, 0.25) is 0 Å². The Morgan fingerprint density at radius 2 is 2.27 bits per heavy atom. The highest BCUT2D eigenvalue weighted by Gasteiger charge is 2.16. The van der Waals surface area contributed by atoms with Gasteiger partial charge in [0.1, 0.15) is 5.82 Å². The quantitative estimate of drug-likeness (QED) is 0.672. The first-order chi connectivity index (χ1) is 7.18. The Labute approximate surface area is 93.4 Å². The Balaban J connectivity index is 2.61. The predicted octanol–water partition coefficient (Wildman–Crippen LogP) is 2.75. The van der Waals surface area contributed by atoms with Crippen molar-refractivity contribution < 1.29 is 4.92 Å². The lowest BCUT2D eigenvalue weighted by Gasteiger charge is -1.99. The molecule has 2 rings (SSSR count). The predicted molar refractivity (Wildman–Crippen MR) is 58.4 cm³/mol. The average molecular weight is 268 g/mol. The Kier molecular flexibility index (Phi) is 2.51. The minimum atomic E-state index is -0.428. The summed E-state index contributed by atoms with van der Waals surface area (Å²) in [6, 6.07) is 4.85. The summed E-state index contributed by atoms with van der Waals surface area (Å²) in [4.78, 5) is 17.2. The molecule has 0 spiro atoms. The van der Waals surface area contributed by atoms with Gasteiger partial charge in [-0.05, 0) is 12.1 Å². The van der Waals surface area contributed by atoms with Gasteiger partial charge >= 0.3 is 0 Å². The summed E-state index contributed by atoms with van der Waals surface area (Å²) in [5.74, 6) is 0.495. The molecular weight excluding hydrogens is 262 g/mol. The summed E-state index contributed by atoms with van der Waals surface area (Å²) in [7, 11) is 0. The lowest BCUT2D eigenvalue weighted by atomic mass is 10.2. The van der Waals surface area contributed by atoms with E-state index < -0.39 is 4.92 Å². The molecule has 0 radical (unpaired) electrons. The van der Waals surface area contributed by atoms with Crippen molar-refractivity contribution in [1.29, 1.82) is 0 Å². The first-order valence-electron chi connectivity index (χ1n) is 4.12. The number of benzene rings is 1. The third-order valence-corrected chi connectivity index (χ3v) is 2.40. The maximum Gasteiger partial charge on any atom is 0.281 e. The second kappa shape index (κ2) is 3.82. The summed E-state index contributed by atoms with van der Waals surface area (Å²) in [5.41, 5.74) is 0.507. The molecule has 6 heteroatoms. The molecule has 0 saturated heterocycles. The third-order valence-electron chi connectivity index (χ3n) is 1.91. The van der Waals surface area contributed by atoms with Crippen LogP contribution in [0.25, 0.3) is 11.4 Å². The van der Waals surface area contributed by atoms with Gasteiger partial charge in [-0.15, -0.1) is 0 Å². The number of nitrogens with one attached hydrogen (secondary N) is 1. The SMILES string of the molecule is O=[N+]([O-])c1cc(Br)ccc1-c1ncc[nH]1. The zero-order valence-corrected chi connectivity index (χ0v) is 9.06. The molecule has 1 N–H and O–H groups in total. The molecule has 0 fully saturated rings. The Hall–Kier alpha value is -1.69. The van der Waals surface area contributed by atoms with E-state index in [0.717, 1.165) is 0 Å². The van der Waals surface area contributed by atoms with E-state index in [2.05, 4.69) is 25.9 Å². The van der Waals surface area contributed by atoms with Crippen LogP contribution in [0.5, 0.6) is 0 Å². The number of H-pyrrole nitrogens is 1. The fraction of sp³-hybridized carbons (Fsp3) is 0. The molecule has 0 aliphatic rings. The molecule has 0 atom stereocenters. The van der Waals surface area contributed by atoms with Crippen LogP contribution in [0.15, 0.2) is 35.1 Å². The van der Waals surface area contributed by atoms with E-state index in [-0.39, 0.29) is 5.69 Å². The normalized spacial score (nSPS) is 10.2. The maximum absolute atomic E-state index is 10.8. The molecule has 1 heterocycles. The summed E-state index contributed by atoms with van der Waals surface area (Å²) >= 11 is 3.19. The smallest absolute Gasteiger partial charge is 0.281 e. The molecule has 0 aliphatic heterocycles. The number of aromatic nitrogens is 2. The molecule has 0 bridgehead atoms. The lowest BCUT2D eigenvalue weighted by Crippen LogP contribution is -1.92. The Morgan fingerprint density at radius 1 is 1.47 bits per heavy atom. The highest BCUT2D eigenvalue weighted by atomic mass is 79.9. The van der Waals surface area contributed by atoms with Crippen LogP contribution in [0.3, 0.4) is 0 Å². The third kappa shape index (κ3) is 1.89. The van der Waals surface area contributed by atoms with Gasteiger partial charge in [0.05, 0.1) is 10.5 Å². The van der Waals surface area contributed by atoms with Crippen LogP contribution in [-0.4, -0.2) is 14.9 Å². The van der Waals surface area contributed by atoms with Crippen LogP contribution < -0.4 is 0 Å². The first kappa shape index (κ1) is 9.85. The molecule has 5 nitrogen and oxygen atoms in total. The van der Waals surface area contributed by atoms with Crippen LogP contribution in [0.4, 0.5) is 5.69 Å². The molecule has 0 saturated carbocycles. The number of hydrogen-bond acceptors (Lipinski definition) is 3. The van der Waals surface area contributed by atoms with Crippen molar-refractivity contribution in [3.05, 3.63) is 45.2 Å². The van der Waals surface area contributed by atoms with Crippen molar-refractivity contribution in [2.24, 2.45) is 0 Å². The summed E-state index contributed by atoms with van der Waals surface area (Å²) < 4.78 is 0.671. The number of aromatic amines is 1. The van der Waals surface area contributed by atoms with E-state index in [1.165, 1.54) is 6.07 Å². The van der Waals surface area contributed by atoms with Crippen molar-refractivity contribution in [2.75, 3.05) is 0 Å². The minimum Gasteiger partial charge on any atom is -0.344 e. The van der Waals surface area contributed by atoms with Gasteiger partial charge in [0.15, 0.2) is 0 Å². The van der Waals surface area contributed by atoms with Gasteiger partial charge in [-0.2, -0.15) is 0 Å². The monoisotopic (exact) mass is 267 g/mol. The van der Waals surface area contributed by atoms with Gasteiger partial charge in [-0.1, -0.05) is 15.9 Å². The second-order valence-corrected chi connectivity index (χ2v) is 3.77. The van der Waals surface area contributed by atoms with Crippen LogP contribution in [0, 0.1) is 10.1 Å². The van der Waals surface area contributed by atoms with E-state index in [1.807, 2.05) is 0 Å². The van der Waals surface area contributed by atoms with Crippen molar-refractivity contribution in [1.82, 2.24) is 9.97 Å². The van der Waals surface area contributed by atoms with E-state index in [4.69, 9.17) is 0 Å². The number of halogens is 1. The zero-order chi connectivity index (χ0) is 10.8. The number of rotatable bonds is 2. The van der Waals surface area contributed by atoms with E-state index in [1.54, 1.807) is 24.5 Å². The summed E-state index contributed by atoms with van der Waals surface area (Å²) in [6.07, 6.45) is 3.18. The minimum absolute atomic E-state index is 0.0272. The van der Waals surface area contributed by atoms with E-state index in [0.29, 0.717) is 15.9 Å². The molecule has 76 valence electrons. The molecule has 0 aliphatic carbocycles. The largest absolute Gasteiger partial charge is 0.344 e. The molecule has 1 aromatic heterocycles. The average Bonchev–Trinajstić information content (AvgIpc) is 2.70. The highest BCUT2D eigenvalue weighted by Crippen LogP contribution is 2.29. The van der Waals surface area contributed by atoms with Gasteiger partial charge < -0.3 is 4.98 Å². The van der Waals surface area contributed by atoms with E-state index >= 15 is 0 Å². The van der Waals surface area contributed by atoms with Gasteiger partial charge in [0, 0.05) is 22.9 Å². The van der Waals surface area contributed by atoms with Crippen LogP contribution >= 0.6 is 15.9 Å². The van der Waals surface area contributed by atoms with Crippen molar-refractivity contribution in [3.63, 3.8) is 0 Å². The number of imidazole rings is 1. The molecule has 0 unspecified atom stereocenters. The Bertz CT molecular complexity index is 496. The highest BCUT2D eigenvalue weighted by molar-refractivity contribution is 9.10. The Morgan fingerprint density at radius 3 is 2.87 bits per heavy atom. The second-order valence-electron chi connectivity index (χ2n) is 2.86. The fourth-order valence-electron chi connectivity index (χ4n) is 1.27. The maximum atomic E-state index is 10.8. The first-order valence-corrected chi connectivity index (χ1v) is 4.91. The number of nitro benzene ring substituents is 1. The standard InChI is InChI=1S/C9H6BrN3O2/c10-6-1-2-7(8(5-6)13(14)15)9-11-3-4-12-9/h1-5H,(H,11,12). The van der Waals surface area contributed by atoms with Crippen molar-refractivity contribution in [3.8, 4) is 11.4 Å². The number of nitro groups is 1. The van der Waals surface area contributed by atoms with Gasteiger partial charge in [-0.25, -0.2) is 4.98 Å². The lowest BCUT2D eigenvalue weighted by molar-refractivity contribution is -0.384. The summed E-state index contributed by atoms with van der Waals surface area (Å²) in [6.45, 7) is 0. The van der Waals surface area contributed by atoms with Gasteiger partial charge in [0.2, 0.25) is 0 Å². The van der Waals surface area contributed by atoms with Crippen molar-refractivity contribution >= 4 is 21.6 Å². The van der Waals surface area contributed by atoms with Crippen LogP contribution in [0.1, 0.15) is 0 Å². The van der Waals surface area contributed by atoms with Crippen molar-refractivity contribution in [2.45, 2.75) is 0 Å². The van der Waals surface area contributed by atoms with Gasteiger partial charge in [-0.3, -0.25) is 10.1 Å². The zero-order valence-electron chi connectivity index (χ0n) is 7.48. The molecule has 1 aromatic carbocycles. The number of hydrogen-bond donors (Lipinski definition) is 1. The van der Waals surface area contributed by atoms with Gasteiger partial charge in [0.25, 0.3) is 5.69 Å². The summed E-state index contributed by atoms with van der Waals surface area (Å²) in [5, 5.41) is 10.8. The molecule has 0 amide bonds. The molecule has 15 heavy (non-hydrogen) atoms. The number of nitrogens with zero attached hydrogens (tertiary/aromatic N) is 2. The molecular formula is C9H6BrN3O2. The van der Waals surface area contributed by atoms with Crippen LogP contribution in [-0.2, 0) is 0 Å². The fourth-order valence-corrected chi connectivity index (χ4v) is 1.62. The van der Waals surface area contributed by atoms with E-state index in [9.17, 15) is 10.1 Å².